The Morgan fingerprint density at radius 1 is 1.18 bits per heavy atom. The Labute approximate surface area is 192 Å². The molecule has 1 aliphatic carbocycles. The van der Waals surface area contributed by atoms with Gasteiger partial charge in [0.05, 0.1) is 25.9 Å². The van der Waals surface area contributed by atoms with Gasteiger partial charge in [-0.25, -0.2) is 0 Å². The number of hydrogen-bond acceptors (Lipinski definition) is 5. The molecule has 0 radical (unpaired) electrons. The van der Waals surface area contributed by atoms with Gasteiger partial charge in [0.25, 0.3) is 0 Å². The maximum atomic E-state index is 6.08. The van der Waals surface area contributed by atoms with Crippen molar-refractivity contribution in [2.75, 3.05) is 64.6 Å². The molecular weight excluding hydrogens is 487 g/mol. The maximum absolute atomic E-state index is 6.08. The van der Waals surface area contributed by atoms with E-state index in [1.165, 1.54) is 56.5 Å². The second-order valence-corrected chi connectivity index (χ2v) is 9.07. The summed E-state index contributed by atoms with van der Waals surface area (Å²) >= 11 is 2.07. The number of nitrogens with one attached hydrogen (secondary N) is 2. The summed E-state index contributed by atoms with van der Waals surface area (Å²) in [6, 6.07) is 0. The molecule has 2 saturated heterocycles. The van der Waals surface area contributed by atoms with E-state index in [1.54, 1.807) is 0 Å². The molecule has 1 atom stereocenters. The van der Waals surface area contributed by atoms with Gasteiger partial charge in [-0.05, 0) is 25.0 Å². The normalized spacial score (nSPS) is 27.8. The largest absolute Gasteiger partial charge is 0.379 e. The summed E-state index contributed by atoms with van der Waals surface area (Å²) in [5.74, 6) is 3.34. The van der Waals surface area contributed by atoms with E-state index < -0.39 is 0 Å². The predicted molar refractivity (Wildman–Crippen MR) is 129 cm³/mol. The van der Waals surface area contributed by atoms with Gasteiger partial charge in [-0.1, -0.05) is 25.7 Å². The number of hydrogen-bond donors (Lipinski definition) is 2. The number of rotatable bonds is 7. The highest BCUT2D eigenvalue weighted by Gasteiger charge is 2.40. The van der Waals surface area contributed by atoms with Crippen molar-refractivity contribution < 1.29 is 9.47 Å². The average Bonchev–Trinajstić information content (AvgIpc) is 3.05. The maximum Gasteiger partial charge on any atom is 0.191 e. The van der Waals surface area contributed by atoms with E-state index in [1.807, 2.05) is 7.05 Å². The molecule has 6 nitrogen and oxygen atoms in total. The molecule has 0 aromatic rings. The van der Waals surface area contributed by atoms with Crippen LogP contribution in [0.4, 0.5) is 0 Å². The molecule has 0 aromatic heterocycles. The van der Waals surface area contributed by atoms with Gasteiger partial charge in [-0.15, -0.1) is 24.0 Å². The summed E-state index contributed by atoms with van der Waals surface area (Å²) in [6.45, 7) is 6.33. The smallest absolute Gasteiger partial charge is 0.191 e. The Morgan fingerprint density at radius 2 is 1.93 bits per heavy atom. The first-order chi connectivity index (χ1) is 13.3. The third-order valence-corrected chi connectivity index (χ3v) is 7.36. The van der Waals surface area contributed by atoms with Crippen molar-refractivity contribution >= 4 is 41.7 Å². The standard InChI is InChI=1S/C20H38N4O2S.HI/c1-21-19(22-9-12-26-18-6-4-2-3-5-7-18)23-16-20(8-15-27-17-20)24-10-13-25-14-11-24;/h18H,2-17H2,1H3,(H2,21,22,23);1H. The zero-order chi connectivity index (χ0) is 18.8. The topological polar surface area (TPSA) is 58.1 Å². The molecule has 2 heterocycles. The Balaban J connectivity index is 0.00000280. The lowest BCUT2D eigenvalue weighted by molar-refractivity contribution is -0.0120. The quantitative estimate of drug-likeness (QED) is 0.175. The van der Waals surface area contributed by atoms with Crippen molar-refractivity contribution in [3.05, 3.63) is 0 Å². The van der Waals surface area contributed by atoms with Crippen LogP contribution in [0.15, 0.2) is 4.99 Å². The van der Waals surface area contributed by atoms with E-state index in [-0.39, 0.29) is 29.5 Å². The van der Waals surface area contributed by atoms with Gasteiger partial charge in [0, 0.05) is 44.5 Å². The fraction of sp³-hybridized carbons (Fsp3) is 0.950. The SMILES string of the molecule is CN=C(NCCOC1CCCCCC1)NCC1(N2CCOCC2)CCSC1.I. The van der Waals surface area contributed by atoms with Crippen LogP contribution in [0.25, 0.3) is 0 Å². The van der Waals surface area contributed by atoms with Crippen LogP contribution in [0, 0.1) is 0 Å². The van der Waals surface area contributed by atoms with Crippen molar-refractivity contribution in [3.63, 3.8) is 0 Å². The molecule has 0 bridgehead atoms. The number of nitrogens with zero attached hydrogens (tertiary/aromatic N) is 2. The van der Waals surface area contributed by atoms with E-state index in [0.29, 0.717) is 6.10 Å². The second kappa shape index (κ2) is 13.5. The molecule has 2 aliphatic heterocycles. The van der Waals surface area contributed by atoms with Gasteiger partial charge in [-0.2, -0.15) is 11.8 Å². The van der Waals surface area contributed by atoms with Crippen LogP contribution >= 0.6 is 35.7 Å². The van der Waals surface area contributed by atoms with Crippen LogP contribution < -0.4 is 10.6 Å². The Kier molecular flexibility index (Phi) is 11.8. The predicted octanol–water partition coefficient (Wildman–Crippen LogP) is 2.72. The third kappa shape index (κ3) is 7.49. The average molecular weight is 527 g/mol. The monoisotopic (exact) mass is 526 g/mol. The lowest BCUT2D eigenvalue weighted by Gasteiger charge is -2.43. The van der Waals surface area contributed by atoms with Gasteiger partial charge in [0.2, 0.25) is 0 Å². The summed E-state index contributed by atoms with van der Waals surface area (Å²) in [7, 11) is 1.85. The first-order valence-electron chi connectivity index (χ1n) is 10.8. The van der Waals surface area contributed by atoms with Crippen molar-refractivity contribution in [1.29, 1.82) is 0 Å². The van der Waals surface area contributed by atoms with E-state index in [2.05, 4.69) is 32.3 Å². The van der Waals surface area contributed by atoms with Gasteiger partial charge < -0.3 is 20.1 Å². The number of guanidine groups is 1. The van der Waals surface area contributed by atoms with Crippen molar-refractivity contribution in [1.82, 2.24) is 15.5 Å². The number of ether oxygens (including phenoxy) is 2. The molecule has 0 aromatic carbocycles. The van der Waals surface area contributed by atoms with E-state index in [4.69, 9.17) is 9.47 Å². The minimum atomic E-state index is 0. The molecule has 164 valence electrons. The lowest BCUT2D eigenvalue weighted by Crippen LogP contribution is -2.60. The van der Waals surface area contributed by atoms with Crippen LogP contribution in [-0.4, -0.2) is 87.1 Å². The molecule has 1 saturated carbocycles. The zero-order valence-electron chi connectivity index (χ0n) is 17.4. The summed E-state index contributed by atoms with van der Waals surface area (Å²) in [4.78, 5) is 7.04. The van der Waals surface area contributed by atoms with Crippen LogP contribution in [0.2, 0.25) is 0 Å². The molecule has 3 aliphatic rings. The van der Waals surface area contributed by atoms with Crippen LogP contribution in [0.3, 0.4) is 0 Å². The Bertz CT molecular complexity index is 449. The molecule has 2 N–H and O–H groups in total. The lowest BCUT2D eigenvalue weighted by atomic mass is 9.95. The van der Waals surface area contributed by atoms with Crippen LogP contribution in [0.1, 0.15) is 44.9 Å². The number of morpholine rings is 1. The number of halogens is 1. The molecule has 0 spiro atoms. The number of aliphatic imine (C=N–C) groups is 1. The summed E-state index contributed by atoms with van der Waals surface area (Å²) in [5, 5.41) is 7.02. The fourth-order valence-corrected chi connectivity index (χ4v) is 5.88. The highest BCUT2D eigenvalue weighted by molar-refractivity contribution is 14.0. The number of thioether (sulfide) groups is 1. The summed E-state index contributed by atoms with van der Waals surface area (Å²) in [6.07, 6.45) is 9.55. The van der Waals surface area contributed by atoms with Crippen LogP contribution in [-0.2, 0) is 9.47 Å². The summed E-state index contributed by atoms with van der Waals surface area (Å²) in [5.41, 5.74) is 0.239. The summed E-state index contributed by atoms with van der Waals surface area (Å²) < 4.78 is 11.6. The molecule has 28 heavy (non-hydrogen) atoms. The van der Waals surface area contributed by atoms with Gasteiger partial charge in [-0.3, -0.25) is 9.89 Å². The zero-order valence-corrected chi connectivity index (χ0v) is 20.6. The molecule has 1 unspecified atom stereocenters. The molecular formula is C20H39IN4O2S. The van der Waals surface area contributed by atoms with E-state index in [0.717, 1.165) is 52.0 Å². The highest BCUT2D eigenvalue weighted by Crippen LogP contribution is 2.33. The molecule has 8 heteroatoms. The third-order valence-electron chi connectivity index (χ3n) is 6.12. The van der Waals surface area contributed by atoms with Crippen molar-refractivity contribution in [2.45, 2.75) is 56.6 Å². The molecule has 3 rings (SSSR count). The highest BCUT2D eigenvalue weighted by atomic mass is 127. The minimum absolute atomic E-state index is 0. The van der Waals surface area contributed by atoms with Crippen molar-refractivity contribution in [2.24, 2.45) is 4.99 Å². The Hall–Kier alpha value is 0.230. The Morgan fingerprint density at radius 3 is 2.57 bits per heavy atom. The van der Waals surface area contributed by atoms with Gasteiger partial charge in [0.1, 0.15) is 0 Å². The van der Waals surface area contributed by atoms with Crippen LogP contribution in [0.5, 0.6) is 0 Å². The first-order valence-corrected chi connectivity index (χ1v) is 11.9. The second-order valence-electron chi connectivity index (χ2n) is 7.96. The minimum Gasteiger partial charge on any atom is -0.379 e. The van der Waals surface area contributed by atoms with Gasteiger partial charge >= 0.3 is 0 Å². The molecule has 0 amide bonds. The van der Waals surface area contributed by atoms with E-state index in [9.17, 15) is 0 Å². The first kappa shape index (κ1) is 24.5. The fourth-order valence-electron chi connectivity index (χ4n) is 4.41. The van der Waals surface area contributed by atoms with Gasteiger partial charge in [0.15, 0.2) is 5.96 Å². The van der Waals surface area contributed by atoms with E-state index >= 15 is 0 Å². The molecule has 3 fully saturated rings. The van der Waals surface area contributed by atoms with Crippen molar-refractivity contribution in [3.8, 4) is 0 Å².